The second kappa shape index (κ2) is 7.73. The van der Waals surface area contributed by atoms with E-state index in [2.05, 4.69) is 0 Å². The number of benzene rings is 3. The van der Waals surface area contributed by atoms with E-state index >= 15 is 0 Å². The Balaban J connectivity index is 1.65. The van der Waals surface area contributed by atoms with Crippen LogP contribution in [-0.4, -0.2) is 23.0 Å². The summed E-state index contributed by atoms with van der Waals surface area (Å²) in [6, 6.07) is 22.0. The van der Waals surface area contributed by atoms with Crippen LogP contribution in [0.4, 0.5) is 0 Å². The molecule has 0 amide bonds. The van der Waals surface area contributed by atoms with Crippen molar-refractivity contribution < 1.29 is 19.4 Å². The van der Waals surface area contributed by atoms with Crippen molar-refractivity contribution in [3.63, 3.8) is 0 Å². The lowest BCUT2D eigenvalue weighted by atomic mass is 9.97. The van der Waals surface area contributed by atoms with Gasteiger partial charge in [-0.2, -0.15) is 0 Å². The number of carbonyl (C=O) groups is 2. The molecule has 0 aromatic heterocycles. The Morgan fingerprint density at radius 2 is 1.56 bits per heavy atom. The highest BCUT2D eigenvalue weighted by molar-refractivity contribution is 6.10. The van der Waals surface area contributed by atoms with Crippen LogP contribution in [0.25, 0.3) is 10.8 Å². The number of ether oxygens (including phenoxy) is 1. The Kier molecular flexibility index (Phi) is 5.21. The number of hydrogen-bond donors (Lipinski definition) is 1. The van der Waals surface area contributed by atoms with E-state index in [9.17, 15) is 14.7 Å². The Morgan fingerprint density at radius 1 is 0.880 bits per heavy atom. The molecule has 4 heteroatoms. The normalized spacial score (nSPS) is 11.9. The monoisotopic (exact) mass is 334 g/mol. The third-order valence-corrected chi connectivity index (χ3v) is 3.96. The number of carbonyl (C=O) groups excluding carboxylic acids is 2. The molecular formula is C21H18O4. The van der Waals surface area contributed by atoms with Crippen molar-refractivity contribution >= 4 is 22.5 Å². The standard InChI is InChI=1S/C21H18O4/c22-19(13-20(23)25-14-15-7-2-1-3-8-15)21(24)18-12-6-10-16-9-4-5-11-17(16)18/h1-12,19,22H,13-14H2. The van der Waals surface area contributed by atoms with E-state index in [-0.39, 0.29) is 13.0 Å². The van der Waals surface area contributed by atoms with Gasteiger partial charge in [-0.25, -0.2) is 0 Å². The van der Waals surface area contributed by atoms with Gasteiger partial charge in [0.25, 0.3) is 0 Å². The fourth-order valence-corrected chi connectivity index (χ4v) is 2.67. The molecule has 0 heterocycles. The number of esters is 1. The first kappa shape index (κ1) is 16.9. The first-order valence-electron chi connectivity index (χ1n) is 8.05. The highest BCUT2D eigenvalue weighted by Gasteiger charge is 2.22. The van der Waals surface area contributed by atoms with Crippen LogP contribution in [0.2, 0.25) is 0 Å². The first-order valence-corrected chi connectivity index (χ1v) is 8.05. The van der Waals surface area contributed by atoms with Crippen LogP contribution in [0.15, 0.2) is 72.8 Å². The summed E-state index contributed by atoms with van der Waals surface area (Å²) in [5.74, 6) is -1.08. The van der Waals surface area contributed by atoms with Crippen molar-refractivity contribution in [2.24, 2.45) is 0 Å². The predicted octanol–water partition coefficient (Wildman–Crippen LogP) is 3.52. The van der Waals surface area contributed by atoms with Gasteiger partial charge < -0.3 is 9.84 Å². The van der Waals surface area contributed by atoms with E-state index < -0.39 is 17.9 Å². The zero-order valence-electron chi connectivity index (χ0n) is 13.6. The third kappa shape index (κ3) is 4.11. The molecule has 25 heavy (non-hydrogen) atoms. The quantitative estimate of drug-likeness (QED) is 0.553. The van der Waals surface area contributed by atoms with Crippen LogP contribution in [0, 0.1) is 0 Å². The zero-order valence-corrected chi connectivity index (χ0v) is 13.6. The molecule has 0 aliphatic carbocycles. The van der Waals surface area contributed by atoms with Crippen molar-refractivity contribution in [2.45, 2.75) is 19.1 Å². The van der Waals surface area contributed by atoms with Gasteiger partial charge in [0.1, 0.15) is 12.7 Å². The summed E-state index contributed by atoms with van der Waals surface area (Å²) in [7, 11) is 0. The molecule has 0 spiro atoms. The van der Waals surface area contributed by atoms with Crippen LogP contribution in [0.3, 0.4) is 0 Å². The maximum absolute atomic E-state index is 12.5. The molecular weight excluding hydrogens is 316 g/mol. The number of ketones is 1. The van der Waals surface area contributed by atoms with Gasteiger partial charge in [-0.05, 0) is 16.3 Å². The van der Waals surface area contributed by atoms with E-state index in [1.54, 1.807) is 12.1 Å². The van der Waals surface area contributed by atoms with E-state index in [1.165, 1.54) is 0 Å². The molecule has 0 fully saturated rings. The van der Waals surface area contributed by atoms with Crippen molar-refractivity contribution in [3.05, 3.63) is 83.9 Å². The van der Waals surface area contributed by atoms with Gasteiger partial charge in [-0.1, -0.05) is 72.8 Å². The van der Waals surface area contributed by atoms with Crippen molar-refractivity contribution in [3.8, 4) is 0 Å². The minimum absolute atomic E-state index is 0.120. The summed E-state index contributed by atoms with van der Waals surface area (Å²) >= 11 is 0. The average molecular weight is 334 g/mol. The minimum Gasteiger partial charge on any atom is -0.461 e. The van der Waals surface area contributed by atoms with Crippen LogP contribution >= 0.6 is 0 Å². The van der Waals surface area contributed by atoms with E-state index in [0.29, 0.717) is 5.56 Å². The largest absolute Gasteiger partial charge is 0.461 e. The smallest absolute Gasteiger partial charge is 0.309 e. The molecule has 0 aliphatic heterocycles. The number of fused-ring (bicyclic) bond motifs is 1. The molecule has 3 rings (SSSR count). The predicted molar refractivity (Wildman–Crippen MR) is 95.1 cm³/mol. The summed E-state index contributed by atoms with van der Waals surface area (Å²) in [6.07, 6.45) is -1.79. The molecule has 1 atom stereocenters. The van der Waals surface area contributed by atoms with Gasteiger partial charge in [0, 0.05) is 5.56 Å². The molecule has 1 N–H and O–H groups in total. The second-order valence-electron chi connectivity index (χ2n) is 5.76. The van der Waals surface area contributed by atoms with Gasteiger partial charge in [-0.3, -0.25) is 9.59 Å². The molecule has 3 aromatic rings. The summed E-state index contributed by atoms with van der Waals surface area (Å²) < 4.78 is 5.12. The molecule has 1 unspecified atom stereocenters. The van der Waals surface area contributed by atoms with Crippen LogP contribution in [0.5, 0.6) is 0 Å². The Bertz CT molecular complexity index is 881. The molecule has 0 radical (unpaired) electrons. The van der Waals surface area contributed by atoms with Crippen molar-refractivity contribution in [2.75, 3.05) is 0 Å². The van der Waals surface area contributed by atoms with Crippen LogP contribution in [-0.2, 0) is 16.1 Å². The topological polar surface area (TPSA) is 63.6 Å². The third-order valence-electron chi connectivity index (χ3n) is 3.96. The number of rotatable bonds is 6. The second-order valence-corrected chi connectivity index (χ2v) is 5.76. The molecule has 0 aliphatic rings. The zero-order chi connectivity index (χ0) is 17.6. The lowest BCUT2D eigenvalue weighted by Gasteiger charge is -2.11. The highest BCUT2D eigenvalue weighted by atomic mass is 16.5. The average Bonchev–Trinajstić information content (AvgIpc) is 2.66. The van der Waals surface area contributed by atoms with Gasteiger partial charge in [-0.15, -0.1) is 0 Å². The maximum Gasteiger partial charge on any atom is 0.309 e. The van der Waals surface area contributed by atoms with Gasteiger partial charge >= 0.3 is 5.97 Å². The highest BCUT2D eigenvalue weighted by Crippen LogP contribution is 2.20. The number of Topliss-reactive ketones (excluding diaryl/α,β-unsaturated/α-hetero) is 1. The lowest BCUT2D eigenvalue weighted by Crippen LogP contribution is -2.25. The first-order chi connectivity index (χ1) is 12.1. The Hall–Kier alpha value is -2.98. The number of hydrogen-bond acceptors (Lipinski definition) is 4. The fourth-order valence-electron chi connectivity index (χ4n) is 2.67. The lowest BCUT2D eigenvalue weighted by molar-refractivity contribution is -0.146. The van der Waals surface area contributed by atoms with E-state index in [4.69, 9.17) is 4.74 Å². The summed E-state index contributed by atoms with van der Waals surface area (Å²) in [5.41, 5.74) is 1.26. The van der Waals surface area contributed by atoms with Crippen molar-refractivity contribution in [1.82, 2.24) is 0 Å². The summed E-state index contributed by atoms with van der Waals surface area (Å²) in [5, 5.41) is 11.8. The molecule has 4 nitrogen and oxygen atoms in total. The van der Waals surface area contributed by atoms with E-state index in [1.807, 2.05) is 60.7 Å². The van der Waals surface area contributed by atoms with Crippen molar-refractivity contribution in [1.29, 1.82) is 0 Å². The Morgan fingerprint density at radius 3 is 2.36 bits per heavy atom. The van der Waals surface area contributed by atoms with Gasteiger partial charge in [0.15, 0.2) is 5.78 Å². The number of aliphatic hydroxyl groups is 1. The van der Waals surface area contributed by atoms with E-state index in [0.717, 1.165) is 16.3 Å². The Labute approximate surface area is 145 Å². The minimum atomic E-state index is -1.42. The van der Waals surface area contributed by atoms with Crippen LogP contribution < -0.4 is 0 Å². The summed E-state index contributed by atoms with van der Waals surface area (Å²) in [4.78, 5) is 24.4. The SMILES string of the molecule is O=C(CC(O)C(=O)c1cccc2ccccc12)OCc1ccccc1. The number of aliphatic hydroxyl groups excluding tert-OH is 1. The van der Waals surface area contributed by atoms with Gasteiger partial charge in [0.05, 0.1) is 6.42 Å². The molecule has 3 aromatic carbocycles. The molecule has 0 saturated heterocycles. The molecule has 0 bridgehead atoms. The van der Waals surface area contributed by atoms with Crippen LogP contribution in [0.1, 0.15) is 22.3 Å². The molecule has 0 saturated carbocycles. The molecule has 126 valence electrons. The summed E-state index contributed by atoms with van der Waals surface area (Å²) in [6.45, 7) is 0.120. The maximum atomic E-state index is 12.5. The fraction of sp³-hybridized carbons (Fsp3) is 0.143. The van der Waals surface area contributed by atoms with Gasteiger partial charge in [0.2, 0.25) is 0 Å².